The average Bonchev–Trinajstić information content (AvgIpc) is 3.14. The lowest BCUT2D eigenvalue weighted by Gasteiger charge is -2.04. The first-order valence-electron chi connectivity index (χ1n) is 7.98. The SMILES string of the molecule is O=C(CSc1nnc(-c2ccncc2)o1)NCCCc1ccccc1. The fourth-order valence-corrected chi connectivity index (χ4v) is 2.82. The normalized spacial score (nSPS) is 10.6. The van der Waals surface area contributed by atoms with Crippen LogP contribution in [0.4, 0.5) is 0 Å². The summed E-state index contributed by atoms with van der Waals surface area (Å²) >= 11 is 1.23. The highest BCUT2D eigenvalue weighted by atomic mass is 32.2. The van der Waals surface area contributed by atoms with E-state index in [1.165, 1.54) is 17.3 Å². The van der Waals surface area contributed by atoms with E-state index in [1.807, 2.05) is 18.2 Å². The van der Waals surface area contributed by atoms with Gasteiger partial charge in [0.2, 0.25) is 11.8 Å². The number of rotatable bonds is 8. The summed E-state index contributed by atoms with van der Waals surface area (Å²) in [7, 11) is 0. The Hall–Kier alpha value is -2.67. The molecule has 1 amide bonds. The quantitative estimate of drug-likeness (QED) is 0.495. The molecule has 25 heavy (non-hydrogen) atoms. The van der Waals surface area contributed by atoms with Crippen LogP contribution in [0.2, 0.25) is 0 Å². The van der Waals surface area contributed by atoms with Crippen LogP contribution in [0, 0.1) is 0 Å². The van der Waals surface area contributed by atoms with Gasteiger partial charge in [0.25, 0.3) is 5.22 Å². The summed E-state index contributed by atoms with van der Waals surface area (Å²) in [6.07, 6.45) is 5.19. The first-order chi connectivity index (χ1) is 12.3. The molecule has 0 saturated heterocycles. The van der Waals surface area contributed by atoms with Gasteiger partial charge in [0.1, 0.15) is 0 Å². The van der Waals surface area contributed by atoms with E-state index in [2.05, 4.69) is 32.6 Å². The summed E-state index contributed by atoms with van der Waals surface area (Å²) in [4.78, 5) is 15.8. The Balaban J connectivity index is 1.37. The summed E-state index contributed by atoms with van der Waals surface area (Å²) in [6.45, 7) is 0.653. The summed E-state index contributed by atoms with van der Waals surface area (Å²) in [5.74, 6) is 0.637. The molecule has 7 heteroatoms. The third-order valence-electron chi connectivity index (χ3n) is 3.47. The van der Waals surface area contributed by atoms with E-state index in [0.29, 0.717) is 17.7 Å². The third kappa shape index (κ3) is 5.42. The smallest absolute Gasteiger partial charge is 0.277 e. The number of pyridine rings is 1. The van der Waals surface area contributed by atoms with Gasteiger partial charge in [-0.05, 0) is 30.5 Å². The van der Waals surface area contributed by atoms with Crippen LogP contribution >= 0.6 is 11.8 Å². The Morgan fingerprint density at radius 3 is 2.68 bits per heavy atom. The second-order valence-electron chi connectivity index (χ2n) is 5.34. The van der Waals surface area contributed by atoms with E-state index >= 15 is 0 Å². The van der Waals surface area contributed by atoms with Gasteiger partial charge in [-0.25, -0.2) is 0 Å². The molecule has 0 bridgehead atoms. The molecule has 0 unspecified atom stereocenters. The lowest BCUT2D eigenvalue weighted by molar-refractivity contribution is -0.118. The molecule has 6 nitrogen and oxygen atoms in total. The maximum atomic E-state index is 11.9. The number of aryl methyl sites for hydroxylation is 1. The highest BCUT2D eigenvalue weighted by molar-refractivity contribution is 7.99. The van der Waals surface area contributed by atoms with Gasteiger partial charge in [0, 0.05) is 24.5 Å². The minimum absolute atomic E-state index is 0.0401. The van der Waals surface area contributed by atoms with E-state index < -0.39 is 0 Å². The maximum Gasteiger partial charge on any atom is 0.277 e. The van der Waals surface area contributed by atoms with E-state index in [1.54, 1.807) is 24.5 Å². The van der Waals surface area contributed by atoms with E-state index in [0.717, 1.165) is 18.4 Å². The van der Waals surface area contributed by atoms with Gasteiger partial charge in [-0.3, -0.25) is 9.78 Å². The van der Waals surface area contributed by atoms with Crippen LogP contribution in [0.25, 0.3) is 11.5 Å². The van der Waals surface area contributed by atoms with Gasteiger partial charge < -0.3 is 9.73 Å². The monoisotopic (exact) mass is 354 g/mol. The molecule has 0 spiro atoms. The highest BCUT2D eigenvalue weighted by Gasteiger charge is 2.10. The molecule has 0 aliphatic carbocycles. The van der Waals surface area contributed by atoms with Crippen LogP contribution in [0.3, 0.4) is 0 Å². The second-order valence-corrected chi connectivity index (χ2v) is 6.26. The molecule has 1 N–H and O–H groups in total. The number of nitrogens with zero attached hydrogens (tertiary/aromatic N) is 3. The minimum Gasteiger partial charge on any atom is -0.411 e. The van der Waals surface area contributed by atoms with E-state index in [4.69, 9.17) is 4.42 Å². The fourth-order valence-electron chi connectivity index (χ4n) is 2.22. The molecule has 0 aliphatic rings. The van der Waals surface area contributed by atoms with Crippen LogP contribution < -0.4 is 5.32 Å². The lowest BCUT2D eigenvalue weighted by atomic mass is 10.1. The van der Waals surface area contributed by atoms with Crippen LogP contribution in [-0.4, -0.2) is 33.4 Å². The van der Waals surface area contributed by atoms with Crippen molar-refractivity contribution in [1.29, 1.82) is 0 Å². The topological polar surface area (TPSA) is 80.9 Å². The number of thioether (sulfide) groups is 1. The molecular formula is C18H18N4O2S. The van der Waals surface area contributed by atoms with Gasteiger partial charge in [-0.1, -0.05) is 42.1 Å². The van der Waals surface area contributed by atoms with E-state index in [-0.39, 0.29) is 11.7 Å². The Morgan fingerprint density at radius 1 is 1.08 bits per heavy atom. The zero-order valence-corrected chi connectivity index (χ0v) is 14.4. The summed E-state index contributed by atoms with van der Waals surface area (Å²) in [6, 6.07) is 13.8. The lowest BCUT2D eigenvalue weighted by Crippen LogP contribution is -2.26. The number of nitrogens with one attached hydrogen (secondary N) is 1. The van der Waals surface area contributed by atoms with Crippen molar-refractivity contribution in [3.63, 3.8) is 0 Å². The van der Waals surface area contributed by atoms with Gasteiger partial charge in [-0.15, -0.1) is 10.2 Å². The van der Waals surface area contributed by atoms with Crippen LogP contribution in [-0.2, 0) is 11.2 Å². The van der Waals surface area contributed by atoms with Crippen molar-refractivity contribution in [3.8, 4) is 11.5 Å². The number of carbonyl (C=O) groups is 1. The Morgan fingerprint density at radius 2 is 1.88 bits per heavy atom. The van der Waals surface area contributed by atoms with E-state index in [9.17, 15) is 4.79 Å². The first kappa shape index (κ1) is 17.2. The first-order valence-corrected chi connectivity index (χ1v) is 8.97. The number of hydrogen-bond donors (Lipinski definition) is 1. The molecule has 0 fully saturated rings. The number of aromatic nitrogens is 3. The summed E-state index contributed by atoms with van der Waals surface area (Å²) < 4.78 is 5.54. The van der Waals surface area contributed by atoms with Crippen LogP contribution in [0.5, 0.6) is 0 Å². The van der Waals surface area contributed by atoms with Crippen LogP contribution in [0.1, 0.15) is 12.0 Å². The number of amides is 1. The predicted octanol–water partition coefficient (Wildman–Crippen LogP) is 2.97. The van der Waals surface area contributed by atoms with Crippen molar-refractivity contribution >= 4 is 17.7 Å². The number of carbonyl (C=O) groups excluding carboxylic acids is 1. The average molecular weight is 354 g/mol. The molecule has 2 aromatic heterocycles. The maximum absolute atomic E-state index is 11.9. The van der Waals surface area contributed by atoms with Gasteiger partial charge in [-0.2, -0.15) is 0 Å². The standard InChI is InChI=1S/C18H18N4O2S/c23-16(20-10-4-7-14-5-2-1-3-6-14)13-25-18-22-21-17(24-18)15-8-11-19-12-9-15/h1-3,5-6,8-9,11-12H,4,7,10,13H2,(H,20,23). The van der Waals surface area contributed by atoms with Crippen molar-refractivity contribution in [1.82, 2.24) is 20.5 Å². The molecule has 3 rings (SSSR count). The molecule has 2 heterocycles. The molecule has 128 valence electrons. The third-order valence-corrected chi connectivity index (χ3v) is 4.29. The van der Waals surface area contributed by atoms with Crippen molar-refractivity contribution in [2.45, 2.75) is 18.1 Å². The fraction of sp³-hybridized carbons (Fsp3) is 0.222. The zero-order chi connectivity index (χ0) is 17.3. The van der Waals surface area contributed by atoms with Crippen molar-refractivity contribution < 1.29 is 9.21 Å². The predicted molar refractivity (Wildman–Crippen MR) is 96.0 cm³/mol. The van der Waals surface area contributed by atoms with Crippen molar-refractivity contribution in [2.75, 3.05) is 12.3 Å². The Labute approximate surface area is 150 Å². The van der Waals surface area contributed by atoms with Gasteiger partial charge in [0.05, 0.1) is 5.75 Å². The molecule has 0 saturated carbocycles. The van der Waals surface area contributed by atoms with Crippen LogP contribution in [0.15, 0.2) is 64.5 Å². The Kier molecular flexibility index (Phi) is 6.17. The highest BCUT2D eigenvalue weighted by Crippen LogP contribution is 2.22. The van der Waals surface area contributed by atoms with Crippen molar-refractivity contribution in [2.24, 2.45) is 0 Å². The molecule has 1 aromatic carbocycles. The summed E-state index contributed by atoms with van der Waals surface area (Å²) in [5, 5.41) is 11.2. The largest absolute Gasteiger partial charge is 0.411 e. The molecule has 0 radical (unpaired) electrons. The number of benzene rings is 1. The zero-order valence-electron chi connectivity index (χ0n) is 13.6. The molecular weight excluding hydrogens is 336 g/mol. The van der Waals surface area contributed by atoms with Crippen molar-refractivity contribution in [3.05, 3.63) is 60.4 Å². The second kappa shape index (κ2) is 8.98. The van der Waals surface area contributed by atoms with Gasteiger partial charge >= 0.3 is 0 Å². The minimum atomic E-state index is -0.0401. The molecule has 3 aromatic rings. The molecule has 0 atom stereocenters. The Bertz CT molecular complexity index is 793. The molecule has 0 aliphatic heterocycles. The summed E-state index contributed by atoms with van der Waals surface area (Å²) in [5.41, 5.74) is 2.08. The number of hydrogen-bond acceptors (Lipinski definition) is 6. The van der Waals surface area contributed by atoms with Gasteiger partial charge in [0.15, 0.2) is 0 Å².